The fraction of sp³-hybridized carbons (Fsp3) is 0. The number of thiophene rings is 1. The summed E-state index contributed by atoms with van der Waals surface area (Å²) in [6.07, 6.45) is 0. The molecule has 0 bridgehead atoms. The van der Waals surface area contributed by atoms with Gasteiger partial charge in [-0.05, 0) is 115 Å². The molecular formula is C54H35NS. The van der Waals surface area contributed by atoms with Gasteiger partial charge in [-0.2, -0.15) is 0 Å². The first-order chi connectivity index (χ1) is 27.7. The molecule has 1 heterocycles. The first-order valence-corrected chi connectivity index (χ1v) is 20.0. The maximum atomic E-state index is 2.41. The van der Waals surface area contributed by atoms with Crippen LogP contribution in [0.1, 0.15) is 0 Å². The highest BCUT2D eigenvalue weighted by Crippen LogP contribution is 2.43. The Morgan fingerprint density at radius 2 is 0.893 bits per heavy atom. The van der Waals surface area contributed by atoms with Gasteiger partial charge in [0.2, 0.25) is 0 Å². The van der Waals surface area contributed by atoms with Crippen LogP contribution in [-0.2, 0) is 0 Å². The van der Waals surface area contributed by atoms with Crippen molar-refractivity contribution in [3.8, 4) is 33.4 Å². The Hall–Kier alpha value is -7.00. The van der Waals surface area contributed by atoms with Crippen LogP contribution in [0, 0.1) is 0 Å². The molecule has 262 valence electrons. The Bertz CT molecular complexity index is 3240. The third-order valence-corrected chi connectivity index (χ3v) is 12.4. The van der Waals surface area contributed by atoms with Gasteiger partial charge in [0.15, 0.2) is 0 Å². The van der Waals surface area contributed by atoms with Crippen LogP contribution < -0.4 is 4.90 Å². The Morgan fingerprint density at radius 3 is 1.77 bits per heavy atom. The second-order valence-electron chi connectivity index (χ2n) is 14.5. The van der Waals surface area contributed by atoms with E-state index in [0.29, 0.717) is 0 Å². The molecule has 11 aromatic rings. The molecule has 0 radical (unpaired) electrons. The van der Waals surface area contributed by atoms with Crippen molar-refractivity contribution in [2.45, 2.75) is 0 Å². The van der Waals surface area contributed by atoms with E-state index in [1.165, 1.54) is 85.9 Å². The van der Waals surface area contributed by atoms with Gasteiger partial charge < -0.3 is 4.90 Å². The van der Waals surface area contributed by atoms with Crippen LogP contribution >= 0.6 is 11.3 Å². The lowest BCUT2D eigenvalue weighted by molar-refractivity contribution is 1.28. The average molecular weight is 730 g/mol. The van der Waals surface area contributed by atoms with Crippen LogP contribution in [0.2, 0.25) is 0 Å². The van der Waals surface area contributed by atoms with Crippen LogP contribution in [0.3, 0.4) is 0 Å². The molecule has 0 aliphatic heterocycles. The Morgan fingerprint density at radius 1 is 0.304 bits per heavy atom. The second kappa shape index (κ2) is 13.4. The summed E-state index contributed by atoms with van der Waals surface area (Å²) in [6.45, 7) is 0. The molecule has 11 rings (SSSR count). The highest BCUT2D eigenvalue weighted by molar-refractivity contribution is 7.25. The summed E-state index contributed by atoms with van der Waals surface area (Å²) < 4.78 is 2.64. The second-order valence-corrected chi connectivity index (χ2v) is 15.6. The fourth-order valence-corrected chi connectivity index (χ4v) is 9.58. The number of anilines is 3. The quantitative estimate of drug-likeness (QED) is 0.154. The first-order valence-electron chi connectivity index (χ1n) is 19.2. The molecule has 10 aromatic carbocycles. The van der Waals surface area contributed by atoms with E-state index in [0.717, 1.165) is 17.1 Å². The van der Waals surface area contributed by atoms with E-state index < -0.39 is 0 Å². The number of hydrogen-bond donors (Lipinski definition) is 0. The van der Waals surface area contributed by atoms with Gasteiger partial charge in [0, 0.05) is 37.1 Å². The molecule has 0 spiro atoms. The molecule has 0 amide bonds. The summed E-state index contributed by atoms with van der Waals surface area (Å²) in [4.78, 5) is 2.41. The van der Waals surface area contributed by atoms with Gasteiger partial charge in [-0.1, -0.05) is 158 Å². The third kappa shape index (κ3) is 5.54. The molecule has 0 unspecified atom stereocenters. The minimum absolute atomic E-state index is 1.10. The van der Waals surface area contributed by atoms with Crippen molar-refractivity contribution in [2.24, 2.45) is 0 Å². The van der Waals surface area contributed by atoms with E-state index in [1.807, 2.05) is 11.3 Å². The summed E-state index contributed by atoms with van der Waals surface area (Å²) in [7, 11) is 0. The predicted octanol–water partition coefficient (Wildman–Crippen LogP) is 16.0. The molecule has 0 N–H and O–H groups in total. The standard InChI is InChI=1S/C54H35NS/c1-2-11-37(12-3-1)46-16-6-8-19-51(46)55(45-15-10-14-41(33-45)43-29-32-53-50(35-43)48-18-7-9-20-52(48)56-53)44-30-27-36(28-31-44)42-26-23-39-22-25-40-24-21-38-13-4-5-17-47(38)54(40)49(39)34-42/h1-35H. The van der Waals surface area contributed by atoms with Crippen LogP contribution in [0.5, 0.6) is 0 Å². The molecule has 1 nitrogen and oxygen atoms in total. The van der Waals surface area contributed by atoms with E-state index >= 15 is 0 Å². The Labute approximate surface area is 330 Å². The summed E-state index contributed by atoms with van der Waals surface area (Å²) in [5.41, 5.74) is 10.5. The van der Waals surface area contributed by atoms with Gasteiger partial charge in [-0.15, -0.1) is 11.3 Å². The van der Waals surface area contributed by atoms with Gasteiger partial charge in [-0.25, -0.2) is 0 Å². The average Bonchev–Trinajstić information content (AvgIpc) is 3.65. The number of para-hydroxylation sites is 1. The van der Waals surface area contributed by atoms with E-state index in [9.17, 15) is 0 Å². The van der Waals surface area contributed by atoms with E-state index in [2.05, 4.69) is 217 Å². The van der Waals surface area contributed by atoms with Crippen LogP contribution in [-0.4, -0.2) is 0 Å². The SMILES string of the molecule is c1ccc(-c2ccccc2N(c2ccc(-c3ccc4ccc5ccc6ccccc6c5c4c3)cc2)c2cccc(-c3ccc4sc5ccccc5c4c3)c2)cc1. The number of nitrogens with zero attached hydrogens (tertiary/aromatic N) is 1. The number of rotatable bonds is 6. The van der Waals surface area contributed by atoms with Gasteiger partial charge >= 0.3 is 0 Å². The first kappa shape index (κ1) is 32.4. The largest absolute Gasteiger partial charge is 0.310 e. The summed E-state index contributed by atoms with van der Waals surface area (Å²) >= 11 is 1.86. The summed E-state index contributed by atoms with van der Waals surface area (Å²) in [6, 6.07) is 77.8. The predicted molar refractivity (Wildman–Crippen MR) is 243 cm³/mol. The van der Waals surface area contributed by atoms with Crippen molar-refractivity contribution in [3.63, 3.8) is 0 Å². The van der Waals surface area contributed by atoms with E-state index in [4.69, 9.17) is 0 Å². The minimum atomic E-state index is 1.10. The topological polar surface area (TPSA) is 3.24 Å². The zero-order valence-corrected chi connectivity index (χ0v) is 31.4. The Balaban J connectivity index is 1.04. The Kier molecular flexibility index (Phi) is 7.75. The van der Waals surface area contributed by atoms with Crippen molar-refractivity contribution < 1.29 is 0 Å². The fourth-order valence-electron chi connectivity index (χ4n) is 8.50. The molecule has 0 saturated carbocycles. The van der Waals surface area contributed by atoms with Crippen LogP contribution in [0.4, 0.5) is 17.1 Å². The molecule has 56 heavy (non-hydrogen) atoms. The third-order valence-electron chi connectivity index (χ3n) is 11.2. The molecule has 2 heteroatoms. The minimum Gasteiger partial charge on any atom is -0.310 e. The molecule has 0 saturated heterocycles. The number of benzene rings is 10. The highest BCUT2D eigenvalue weighted by atomic mass is 32.1. The van der Waals surface area contributed by atoms with Crippen molar-refractivity contribution in [3.05, 3.63) is 212 Å². The molecule has 1 aromatic heterocycles. The van der Waals surface area contributed by atoms with E-state index in [1.54, 1.807) is 0 Å². The van der Waals surface area contributed by atoms with Crippen molar-refractivity contribution in [2.75, 3.05) is 4.90 Å². The normalized spacial score (nSPS) is 11.6. The zero-order chi connectivity index (χ0) is 37.0. The monoisotopic (exact) mass is 729 g/mol. The lowest BCUT2D eigenvalue weighted by atomic mass is 9.94. The highest BCUT2D eigenvalue weighted by Gasteiger charge is 2.18. The van der Waals surface area contributed by atoms with Gasteiger partial charge in [0.25, 0.3) is 0 Å². The van der Waals surface area contributed by atoms with Crippen LogP contribution in [0.15, 0.2) is 212 Å². The molecule has 0 fully saturated rings. The molecule has 0 aliphatic carbocycles. The lowest BCUT2D eigenvalue weighted by Gasteiger charge is -2.28. The lowest BCUT2D eigenvalue weighted by Crippen LogP contribution is -2.11. The molecular weight excluding hydrogens is 695 g/mol. The van der Waals surface area contributed by atoms with Gasteiger partial charge in [0.1, 0.15) is 0 Å². The number of fused-ring (bicyclic) bond motifs is 8. The molecule has 0 atom stereocenters. The smallest absolute Gasteiger partial charge is 0.0540 e. The summed E-state index contributed by atoms with van der Waals surface area (Å²) in [5.74, 6) is 0. The summed E-state index contributed by atoms with van der Waals surface area (Å²) in [5, 5.41) is 10.3. The van der Waals surface area contributed by atoms with Gasteiger partial charge in [-0.3, -0.25) is 0 Å². The maximum absolute atomic E-state index is 2.41. The molecule has 0 aliphatic rings. The van der Waals surface area contributed by atoms with Gasteiger partial charge in [0.05, 0.1) is 5.69 Å². The van der Waals surface area contributed by atoms with Crippen molar-refractivity contribution in [1.29, 1.82) is 0 Å². The van der Waals surface area contributed by atoms with E-state index in [-0.39, 0.29) is 0 Å². The van der Waals surface area contributed by atoms with Crippen LogP contribution in [0.25, 0.3) is 85.9 Å². The number of hydrogen-bond acceptors (Lipinski definition) is 2. The van der Waals surface area contributed by atoms with Crippen molar-refractivity contribution in [1.82, 2.24) is 0 Å². The zero-order valence-electron chi connectivity index (χ0n) is 30.6. The van der Waals surface area contributed by atoms with Crippen molar-refractivity contribution >= 4 is 80.9 Å². The maximum Gasteiger partial charge on any atom is 0.0540 e.